The van der Waals surface area contributed by atoms with Crippen molar-refractivity contribution in [3.05, 3.63) is 24.2 Å². The normalized spacial score (nSPS) is 14.5. The van der Waals surface area contributed by atoms with Gasteiger partial charge >= 0.3 is 6.09 Å². The van der Waals surface area contributed by atoms with Crippen LogP contribution in [0.2, 0.25) is 0 Å². The van der Waals surface area contributed by atoms with E-state index in [-0.39, 0.29) is 17.6 Å². The topological polar surface area (TPSA) is 121 Å². The number of ketones is 1. The van der Waals surface area contributed by atoms with E-state index in [4.69, 9.17) is 9.15 Å². The molecular formula is C23H35N3O5. The van der Waals surface area contributed by atoms with Gasteiger partial charge in [-0.25, -0.2) is 4.79 Å². The summed E-state index contributed by atoms with van der Waals surface area (Å²) in [7, 11) is 0. The Morgan fingerprint density at radius 1 is 1.06 bits per heavy atom. The highest BCUT2D eigenvalue weighted by molar-refractivity contribution is 5.96. The maximum atomic E-state index is 13.1. The lowest BCUT2D eigenvalue weighted by Crippen LogP contribution is -2.53. The number of hydrogen-bond acceptors (Lipinski definition) is 6. The molecule has 0 aliphatic carbocycles. The number of nitrogens with one attached hydrogen (secondary N) is 2. The van der Waals surface area contributed by atoms with E-state index in [1.165, 1.54) is 6.26 Å². The molecule has 2 amide bonds. The molecule has 0 saturated carbocycles. The second-order valence-electron chi connectivity index (χ2n) is 9.50. The van der Waals surface area contributed by atoms with Gasteiger partial charge in [-0.05, 0) is 57.6 Å². The van der Waals surface area contributed by atoms with Crippen molar-refractivity contribution in [3.63, 3.8) is 0 Å². The Balaban J connectivity index is 3.03. The number of carbonyl (C=O) groups excluding carboxylic acids is 3. The molecular weight excluding hydrogens is 398 g/mol. The Bertz CT molecular complexity index is 772. The van der Waals surface area contributed by atoms with Crippen LogP contribution < -0.4 is 10.6 Å². The van der Waals surface area contributed by atoms with Crippen LogP contribution >= 0.6 is 0 Å². The molecule has 8 heteroatoms. The minimum atomic E-state index is -1.12. The van der Waals surface area contributed by atoms with Gasteiger partial charge in [0, 0.05) is 0 Å². The molecule has 1 aromatic heterocycles. The number of furan rings is 1. The standard InChI is InChI=1S/C23H35N3O5/c1-14(2)11-17(20(27)16(13-24)19-9-8-10-30-19)25-21(28)18(12-15(3)4)26-22(29)31-23(5,6)7/h8-10,14-18H,11-12H2,1-7H3,(H,25,28)(H,26,29)/t16?,17-,18-/m0/s1. The van der Waals surface area contributed by atoms with Crippen LogP contribution in [0.5, 0.6) is 0 Å². The predicted molar refractivity (Wildman–Crippen MR) is 116 cm³/mol. The van der Waals surface area contributed by atoms with E-state index in [0.717, 1.165) is 0 Å². The molecule has 172 valence electrons. The van der Waals surface area contributed by atoms with E-state index in [1.54, 1.807) is 32.9 Å². The fraction of sp³-hybridized carbons (Fsp3) is 0.652. The Hall–Kier alpha value is -2.82. The highest BCUT2D eigenvalue weighted by atomic mass is 16.6. The summed E-state index contributed by atoms with van der Waals surface area (Å²) in [5, 5.41) is 14.9. The quantitative estimate of drug-likeness (QED) is 0.577. The number of amides is 2. The number of carbonyl (C=O) groups is 3. The lowest BCUT2D eigenvalue weighted by Gasteiger charge is -2.27. The molecule has 0 aliphatic heterocycles. The molecule has 8 nitrogen and oxygen atoms in total. The highest BCUT2D eigenvalue weighted by Gasteiger charge is 2.34. The van der Waals surface area contributed by atoms with E-state index in [9.17, 15) is 19.6 Å². The smallest absolute Gasteiger partial charge is 0.408 e. The number of Topliss-reactive ketones (excluding diaryl/α,β-unsaturated/α-hetero) is 1. The Morgan fingerprint density at radius 2 is 1.65 bits per heavy atom. The molecule has 0 radical (unpaired) electrons. The van der Waals surface area contributed by atoms with E-state index in [1.807, 2.05) is 33.8 Å². The summed E-state index contributed by atoms with van der Waals surface area (Å²) in [6, 6.07) is 3.37. The molecule has 0 bridgehead atoms. The zero-order valence-corrected chi connectivity index (χ0v) is 19.5. The molecule has 2 N–H and O–H groups in total. The van der Waals surface area contributed by atoms with Crippen LogP contribution in [0, 0.1) is 23.2 Å². The summed E-state index contributed by atoms with van der Waals surface area (Å²) in [6.07, 6.45) is 1.41. The summed E-state index contributed by atoms with van der Waals surface area (Å²) >= 11 is 0. The van der Waals surface area contributed by atoms with Gasteiger partial charge in [-0.1, -0.05) is 27.7 Å². The maximum absolute atomic E-state index is 13.1. The summed E-state index contributed by atoms with van der Waals surface area (Å²) in [6.45, 7) is 12.9. The monoisotopic (exact) mass is 433 g/mol. The van der Waals surface area contributed by atoms with Crippen molar-refractivity contribution in [2.45, 2.75) is 84.9 Å². The first-order valence-electron chi connectivity index (χ1n) is 10.6. The van der Waals surface area contributed by atoms with Gasteiger partial charge in [0.1, 0.15) is 17.4 Å². The maximum Gasteiger partial charge on any atom is 0.408 e. The first kappa shape index (κ1) is 26.2. The van der Waals surface area contributed by atoms with Crippen LogP contribution in [0.15, 0.2) is 22.8 Å². The summed E-state index contributed by atoms with van der Waals surface area (Å²) in [5.74, 6) is -1.62. The van der Waals surface area contributed by atoms with Gasteiger partial charge in [0.25, 0.3) is 0 Å². The Kier molecular flexibility index (Phi) is 9.76. The van der Waals surface area contributed by atoms with Crippen molar-refractivity contribution >= 4 is 17.8 Å². The SMILES string of the molecule is CC(C)C[C@H](NC(=O)OC(C)(C)C)C(=O)N[C@@H](CC(C)C)C(=O)C(C#N)c1ccco1. The van der Waals surface area contributed by atoms with Crippen LogP contribution in [-0.2, 0) is 14.3 Å². The van der Waals surface area contributed by atoms with Gasteiger partial charge in [-0.15, -0.1) is 0 Å². The fourth-order valence-corrected chi connectivity index (χ4v) is 3.07. The molecule has 0 aromatic carbocycles. The Morgan fingerprint density at radius 3 is 2.10 bits per heavy atom. The van der Waals surface area contributed by atoms with Gasteiger partial charge < -0.3 is 19.8 Å². The molecule has 3 atom stereocenters. The van der Waals surface area contributed by atoms with Crippen molar-refractivity contribution in [2.24, 2.45) is 11.8 Å². The second kappa shape index (κ2) is 11.5. The first-order chi connectivity index (χ1) is 14.3. The van der Waals surface area contributed by atoms with Gasteiger partial charge in [0.05, 0.1) is 18.4 Å². The first-order valence-corrected chi connectivity index (χ1v) is 10.6. The number of hydrogen-bond donors (Lipinski definition) is 2. The van der Waals surface area contributed by atoms with Gasteiger partial charge in [-0.2, -0.15) is 5.26 Å². The molecule has 1 rings (SSSR count). The third kappa shape index (κ3) is 9.24. The van der Waals surface area contributed by atoms with E-state index < -0.39 is 41.4 Å². The van der Waals surface area contributed by atoms with Gasteiger partial charge in [-0.3, -0.25) is 9.59 Å². The summed E-state index contributed by atoms with van der Waals surface area (Å²) < 4.78 is 10.5. The molecule has 1 heterocycles. The van der Waals surface area contributed by atoms with Crippen molar-refractivity contribution in [3.8, 4) is 6.07 Å². The minimum Gasteiger partial charge on any atom is -0.467 e. The fourth-order valence-electron chi connectivity index (χ4n) is 3.07. The number of nitriles is 1. The summed E-state index contributed by atoms with van der Waals surface area (Å²) in [5.41, 5.74) is -0.706. The molecule has 0 spiro atoms. The number of alkyl carbamates (subject to hydrolysis) is 1. The van der Waals surface area contributed by atoms with Crippen LogP contribution in [0.25, 0.3) is 0 Å². The van der Waals surface area contributed by atoms with E-state index in [2.05, 4.69) is 10.6 Å². The molecule has 31 heavy (non-hydrogen) atoms. The molecule has 1 unspecified atom stereocenters. The molecule has 0 fully saturated rings. The minimum absolute atomic E-state index is 0.0903. The highest BCUT2D eigenvalue weighted by Crippen LogP contribution is 2.21. The van der Waals surface area contributed by atoms with Crippen molar-refractivity contribution in [1.82, 2.24) is 10.6 Å². The lowest BCUT2D eigenvalue weighted by molar-refractivity contribution is -0.129. The van der Waals surface area contributed by atoms with Crippen molar-refractivity contribution in [1.29, 1.82) is 5.26 Å². The summed E-state index contributed by atoms with van der Waals surface area (Å²) in [4.78, 5) is 38.3. The molecule has 0 saturated heterocycles. The van der Waals surface area contributed by atoms with Crippen LogP contribution in [0.3, 0.4) is 0 Å². The zero-order chi connectivity index (χ0) is 23.8. The van der Waals surface area contributed by atoms with Gasteiger partial charge in [0.2, 0.25) is 5.91 Å². The predicted octanol–water partition coefficient (Wildman–Crippen LogP) is 3.93. The van der Waals surface area contributed by atoms with Crippen LogP contribution in [-0.4, -0.2) is 35.5 Å². The largest absolute Gasteiger partial charge is 0.467 e. The van der Waals surface area contributed by atoms with E-state index >= 15 is 0 Å². The van der Waals surface area contributed by atoms with Crippen molar-refractivity contribution in [2.75, 3.05) is 0 Å². The molecule has 0 aliphatic rings. The third-order valence-corrected chi connectivity index (χ3v) is 4.32. The average Bonchev–Trinajstić information content (AvgIpc) is 3.12. The van der Waals surface area contributed by atoms with Crippen LogP contribution in [0.4, 0.5) is 4.79 Å². The Labute approximate surface area is 184 Å². The van der Waals surface area contributed by atoms with Gasteiger partial charge in [0.15, 0.2) is 11.7 Å². The van der Waals surface area contributed by atoms with E-state index in [0.29, 0.717) is 12.8 Å². The zero-order valence-electron chi connectivity index (χ0n) is 19.5. The van der Waals surface area contributed by atoms with Crippen LogP contribution in [0.1, 0.15) is 73.0 Å². The number of ether oxygens (including phenoxy) is 1. The second-order valence-corrected chi connectivity index (χ2v) is 9.50. The van der Waals surface area contributed by atoms with Crippen molar-refractivity contribution < 1.29 is 23.5 Å². The number of rotatable bonds is 10. The number of nitrogens with zero attached hydrogens (tertiary/aromatic N) is 1. The average molecular weight is 434 g/mol. The lowest BCUT2D eigenvalue weighted by atomic mass is 9.91. The third-order valence-electron chi connectivity index (χ3n) is 4.32. The molecule has 1 aromatic rings.